The van der Waals surface area contributed by atoms with Gasteiger partial charge in [-0.05, 0) is 31.2 Å². The van der Waals surface area contributed by atoms with E-state index in [-0.39, 0.29) is 12.5 Å². The average Bonchev–Trinajstić information content (AvgIpc) is 2.61. The van der Waals surface area contributed by atoms with Crippen molar-refractivity contribution in [2.75, 3.05) is 19.6 Å². The number of carbonyl (C=O) groups excluding carboxylic acids is 1. The Kier molecular flexibility index (Phi) is 5.13. The first-order valence-corrected chi connectivity index (χ1v) is 5.56. The van der Waals surface area contributed by atoms with E-state index in [0.29, 0.717) is 6.54 Å². The number of amides is 1. The Hall–Kier alpha value is -1.08. The second-order valence-corrected chi connectivity index (χ2v) is 4.35. The summed E-state index contributed by atoms with van der Waals surface area (Å²) in [6.07, 6.45) is 3.85. The van der Waals surface area contributed by atoms with Crippen LogP contribution in [-0.4, -0.2) is 25.5 Å². The maximum Gasteiger partial charge on any atom is 0.234 e. The topological polar surface area (TPSA) is 64.9 Å². The molecular weight excluding hydrogens is 190 g/mol. The van der Waals surface area contributed by atoms with Crippen molar-refractivity contribution in [1.82, 2.24) is 10.6 Å². The van der Waals surface area contributed by atoms with Gasteiger partial charge in [-0.1, -0.05) is 13.3 Å². The van der Waals surface area contributed by atoms with E-state index >= 15 is 0 Å². The lowest BCUT2D eigenvalue weighted by molar-refractivity contribution is -0.120. The molecule has 0 bridgehead atoms. The minimum Gasteiger partial charge on any atom is -0.342 e. The van der Waals surface area contributed by atoms with E-state index in [1.807, 2.05) is 6.07 Å². The van der Waals surface area contributed by atoms with Gasteiger partial charge in [0, 0.05) is 0 Å². The zero-order valence-corrected chi connectivity index (χ0v) is 9.25. The Morgan fingerprint density at radius 1 is 1.53 bits per heavy atom. The molecular formula is C11H19N3O. The van der Waals surface area contributed by atoms with Crippen LogP contribution < -0.4 is 10.6 Å². The molecule has 1 aliphatic rings. The van der Waals surface area contributed by atoms with Crippen LogP contribution in [0, 0.1) is 23.2 Å². The van der Waals surface area contributed by atoms with Crippen LogP contribution in [0.25, 0.3) is 0 Å². The van der Waals surface area contributed by atoms with Crippen molar-refractivity contribution < 1.29 is 4.79 Å². The van der Waals surface area contributed by atoms with Crippen molar-refractivity contribution in [2.45, 2.75) is 26.2 Å². The summed E-state index contributed by atoms with van der Waals surface area (Å²) in [5, 5.41) is 13.9. The van der Waals surface area contributed by atoms with Crippen molar-refractivity contribution in [3.05, 3.63) is 0 Å². The van der Waals surface area contributed by atoms with Crippen molar-refractivity contribution >= 4 is 5.91 Å². The van der Waals surface area contributed by atoms with Crippen LogP contribution in [0.5, 0.6) is 0 Å². The molecule has 2 unspecified atom stereocenters. The highest BCUT2D eigenvalue weighted by Gasteiger charge is 2.20. The van der Waals surface area contributed by atoms with Gasteiger partial charge in [-0.2, -0.15) is 5.26 Å². The standard InChI is InChI=1S/C11H19N3O/c1-9-2-3-10(6-9)7-13-8-11(15)14-5-4-12/h9-10,13H,2-3,5-8H2,1H3,(H,14,15). The molecule has 1 saturated carbocycles. The second kappa shape index (κ2) is 6.41. The minimum atomic E-state index is -0.0948. The smallest absolute Gasteiger partial charge is 0.234 e. The van der Waals surface area contributed by atoms with Gasteiger partial charge in [-0.3, -0.25) is 4.79 Å². The summed E-state index contributed by atoms with van der Waals surface area (Å²) in [6, 6.07) is 1.88. The van der Waals surface area contributed by atoms with Gasteiger partial charge in [0.2, 0.25) is 5.91 Å². The number of rotatable bonds is 5. The fraction of sp³-hybridized carbons (Fsp3) is 0.818. The number of nitrogens with one attached hydrogen (secondary N) is 2. The van der Waals surface area contributed by atoms with Gasteiger partial charge in [0.15, 0.2) is 0 Å². The van der Waals surface area contributed by atoms with Crippen LogP contribution in [0.2, 0.25) is 0 Å². The predicted octanol–water partition coefficient (Wildman–Crippen LogP) is 0.652. The number of nitrogens with zero attached hydrogens (tertiary/aromatic N) is 1. The third kappa shape index (κ3) is 4.80. The largest absolute Gasteiger partial charge is 0.342 e. The van der Waals surface area contributed by atoms with E-state index in [1.165, 1.54) is 19.3 Å². The fourth-order valence-electron chi connectivity index (χ4n) is 2.10. The molecule has 0 saturated heterocycles. The molecule has 0 aromatic rings. The molecule has 4 nitrogen and oxygen atoms in total. The lowest BCUT2D eigenvalue weighted by Gasteiger charge is -2.10. The quantitative estimate of drug-likeness (QED) is 0.653. The molecule has 1 fully saturated rings. The number of nitriles is 1. The van der Waals surface area contributed by atoms with Gasteiger partial charge < -0.3 is 10.6 Å². The molecule has 84 valence electrons. The molecule has 2 atom stereocenters. The van der Waals surface area contributed by atoms with E-state index in [4.69, 9.17) is 5.26 Å². The number of carbonyl (C=O) groups is 1. The third-order valence-corrected chi connectivity index (χ3v) is 2.89. The van der Waals surface area contributed by atoms with Crippen molar-refractivity contribution in [2.24, 2.45) is 11.8 Å². The highest BCUT2D eigenvalue weighted by Crippen LogP contribution is 2.29. The van der Waals surface area contributed by atoms with Gasteiger partial charge in [0.25, 0.3) is 0 Å². The van der Waals surface area contributed by atoms with Crippen molar-refractivity contribution in [3.63, 3.8) is 0 Å². The molecule has 1 aliphatic carbocycles. The lowest BCUT2D eigenvalue weighted by Crippen LogP contribution is -2.35. The van der Waals surface area contributed by atoms with Gasteiger partial charge in [-0.15, -0.1) is 0 Å². The molecule has 0 heterocycles. The minimum absolute atomic E-state index is 0.0948. The molecule has 1 rings (SSSR count). The summed E-state index contributed by atoms with van der Waals surface area (Å²) in [5.74, 6) is 1.47. The predicted molar refractivity (Wildman–Crippen MR) is 58.0 cm³/mol. The molecule has 0 spiro atoms. The maximum atomic E-state index is 11.1. The summed E-state index contributed by atoms with van der Waals surface area (Å²) < 4.78 is 0. The van der Waals surface area contributed by atoms with E-state index < -0.39 is 0 Å². The molecule has 15 heavy (non-hydrogen) atoms. The summed E-state index contributed by atoms with van der Waals surface area (Å²) in [4.78, 5) is 11.1. The molecule has 0 radical (unpaired) electrons. The number of hydrogen-bond donors (Lipinski definition) is 2. The van der Waals surface area contributed by atoms with Gasteiger partial charge in [0.05, 0.1) is 12.6 Å². The number of hydrogen-bond acceptors (Lipinski definition) is 3. The SMILES string of the molecule is CC1CCC(CNCC(=O)NCC#N)C1. The Morgan fingerprint density at radius 2 is 2.33 bits per heavy atom. The second-order valence-electron chi connectivity index (χ2n) is 4.35. The Labute approximate surface area is 91.0 Å². The van der Waals surface area contributed by atoms with Crippen molar-refractivity contribution in [1.29, 1.82) is 5.26 Å². The third-order valence-electron chi connectivity index (χ3n) is 2.89. The van der Waals surface area contributed by atoms with Crippen LogP contribution in [0.15, 0.2) is 0 Å². The van der Waals surface area contributed by atoms with Crippen LogP contribution in [0.1, 0.15) is 26.2 Å². The summed E-state index contributed by atoms with van der Waals surface area (Å²) in [7, 11) is 0. The van der Waals surface area contributed by atoms with Crippen LogP contribution in [0.3, 0.4) is 0 Å². The normalized spacial score (nSPS) is 24.8. The van der Waals surface area contributed by atoms with E-state index in [2.05, 4.69) is 17.6 Å². The van der Waals surface area contributed by atoms with Gasteiger partial charge >= 0.3 is 0 Å². The van der Waals surface area contributed by atoms with Crippen LogP contribution >= 0.6 is 0 Å². The van der Waals surface area contributed by atoms with Crippen LogP contribution in [-0.2, 0) is 4.79 Å². The highest BCUT2D eigenvalue weighted by molar-refractivity contribution is 5.78. The summed E-state index contributed by atoms with van der Waals surface area (Å²) in [6.45, 7) is 3.62. The molecule has 1 amide bonds. The molecule has 0 aliphatic heterocycles. The van der Waals surface area contributed by atoms with E-state index in [1.54, 1.807) is 0 Å². The van der Waals surface area contributed by atoms with Crippen molar-refractivity contribution in [3.8, 4) is 6.07 Å². The monoisotopic (exact) mass is 209 g/mol. The first kappa shape index (κ1) is 12.0. The van der Waals surface area contributed by atoms with E-state index in [0.717, 1.165) is 18.4 Å². The first-order valence-electron chi connectivity index (χ1n) is 5.56. The molecule has 0 aromatic carbocycles. The molecule has 2 N–H and O–H groups in total. The Morgan fingerprint density at radius 3 is 2.93 bits per heavy atom. The summed E-state index contributed by atoms with van der Waals surface area (Å²) >= 11 is 0. The Balaban J connectivity index is 2.01. The van der Waals surface area contributed by atoms with E-state index in [9.17, 15) is 4.79 Å². The average molecular weight is 209 g/mol. The van der Waals surface area contributed by atoms with Gasteiger partial charge in [-0.25, -0.2) is 0 Å². The zero-order chi connectivity index (χ0) is 11.1. The molecule has 0 aromatic heterocycles. The first-order chi connectivity index (χ1) is 7.22. The molecule has 4 heteroatoms. The van der Waals surface area contributed by atoms with Crippen LogP contribution in [0.4, 0.5) is 0 Å². The zero-order valence-electron chi connectivity index (χ0n) is 9.25. The maximum absolute atomic E-state index is 11.1. The Bertz CT molecular complexity index is 247. The summed E-state index contributed by atoms with van der Waals surface area (Å²) in [5.41, 5.74) is 0. The van der Waals surface area contributed by atoms with Gasteiger partial charge in [0.1, 0.15) is 6.54 Å². The highest BCUT2D eigenvalue weighted by atomic mass is 16.1. The fourth-order valence-corrected chi connectivity index (χ4v) is 2.10. The lowest BCUT2D eigenvalue weighted by atomic mass is 10.1.